The van der Waals surface area contributed by atoms with Crippen LogP contribution in [0.5, 0.6) is 0 Å². The van der Waals surface area contributed by atoms with Crippen LogP contribution in [0.4, 0.5) is 0 Å². The van der Waals surface area contributed by atoms with Crippen LogP contribution in [0, 0.1) is 18.3 Å². The monoisotopic (exact) mass is 121 g/mol. The molecule has 0 unspecified atom stereocenters. The van der Waals surface area contributed by atoms with Crippen LogP contribution in [0.1, 0.15) is 11.4 Å². The molecular weight excluding hydrogens is 114 g/mol. The molecule has 1 N–H and O–H groups in total. The number of aromatic nitrogens is 2. The van der Waals surface area contributed by atoms with Crippen molar-refractivity contribution in [3.8, 4) is 6.07 Å². The van der Waals surface area contributed by atoms with Crippen LogP contribution in [0.25, 0.3) is 0 Å². The number of aromatic amines is 1. The first-order valence-electron chi connectivity index (χ1n) is 2.71. The number of nitriles is 1. The largest absolute Gasteiger partial charge is 0.281 e. The molecule has 0 saturated heterocycles. The second-order valence-corrected chi connectivity index (χ2v) is 1.87. The van der Waals surface area contributed by atoms with Crippen LogP contribution in [0.3, 0.4) is 0 Å². The lowest BCUT2D eigenvalue weighted by atomic mass is 10.3. The number of nitrogens with zero attached hydrogens (tertiary/aromatic N) is 2. The molecule has 0 aliphatic rings. The van der Waals surface area contributed by atoms with Gasteiger partial charge in [-0.15, -0.1) is 0 Å². The highest BCUT2D eigenvalue weighted by atomic mass is 15.1. The van der Waals surface area contributed by atoms with Crippen LogP contribution >= 0.6 is 0 Å². The Labute approximate surface area is 53.3 Å². The zero-order valence-electron chi connectivity index (χ0n) is 5.18. The Morgan fingerprint density at radius 1 is 1.89 bits per heavy atom. The van der Waals surface area contributed by atoms with Gasteiger partial charge in [-0.2, -0.15) is 10.4 Å². The summed E-state index contributed by atoms with van der Waals surface area (Å²) in [7, 11) is 0. The fraction of sp³-hybridized carbons (Fsp3) is 0.333. The number of H-pyrrole nitrogens is 1. The first kappa shape index (κ1) is 5.83. The predicted octanol–water partition coefficient (Wildman–Crippen LogP) is 0.784. The Kier molecular flexibility index (Phi) is 1.50. The van der Waals surface area contributed by atoms with Gasteiger partial charge in [0.15, 0.2) is 0 Å². The maximum Gasteiger partial charge on any atom is 0.0769 e. The Bertz CT molecular complexity index is 231. The Balaban J connectivity index is 2.76. The lowest BCUT2D eigenvalue weighted by molar-refractivity contribution is 0.994. The molecule has 3 heteroatoms. The number of hydrogen-bond donors (Lipinski definition) is 1. The molecule has 1 aromatic heterocycles. The summed E-state index contributed by atoms with van der Waals surface area (Å²) in [5.41, 5.74) is 1.82. The van der Waals surface area contributed by atoms with Crippen molar-refractivity contribution < 1.29 is 0 Å². The maximum absolute atomic E-state index is 8.23. The molecule has 0 bridgehead atoms. The van der Waals surface area contributed by atoms with Crippen LogP contribution in [-0.4, -0.2) is 10.2 Å². The summed E-state index contributed by atoms with van der Waals surface area (Å²) in [5.74, 6) is 0. The van der Waals surface area contributed by atoms with Crippen molar-refractivity contribution in [3.63, 3.8) is 0 Å². The summed E-state index contributed by atoms with van der Waals surface area (Å²) >= 11 is 0. The van der Waals surface area contributed by atoms with Crippen LogP contribution in [0.15, 0.2) is 6.07 Å². The zero-order valence-corrected chi connectivity index (χ0v) is 5.18. The van der Waals surface area contributed by atoms with Gasteiger partial charge in [0.1, 0.15) is 0 Å². The van der Waals surface area contributed by atoms with E-state index in [1.165, 1.54) is 0 Å². The molecule has 3 nitrogen and oxygen atoms in total. The van der Waals surface area contributed by atoms with Gasteiger partial charge in [-0.1, -0.05) is 0 Å². The number of aryl methyl sites for hydroxylation is 1. The second kappa shape index (κ2) is 2.31. The molecule has 0 radical (unpaired) electrons. The summed E-state index contributed by atoms with van der Waals surface area (Å²) in [5, 5.41) is 14.8. The van der Waals surface area contributed by atoms with Crippen LogP contribution < -0.4 is 0 Å². The minimum atomic E-state index is 0.418. The lowest BCUT2D eigenvalue weighted by Gasteiger charge is -1.77. The normalized spacial score (nSPS) is 8.89. The number of nitrogens with one attached hydrogen (secondary N) is 1. The fourth-order valence-electron chi connectivity index (χ4n) is 0.652. The number of hydrogen-bond acceptors (Lipinski definition) is 2. The van der Waals surface area contributed by atoms with Gasteiger partial charge in [-0.25, -0.2) is 0 Å². The Hall–Kier alpha value is -1.30. The van der Waals surface area contributed by atoms with E-state index in [1.54, 1.807) is 0 Å². The molecule has 0 fully saturated rings. The van der Waals surface area contributed by atoms with Crippen LogP contribution in [-0.2, 0) is 6.42 Å². The van der Waals surface area contributed by atoms with Gasteiger partial charge in [0, 0.05) is 5.69 Å². The van der Waals surface area contributed by atoms with E-state index in [2.05, 4.69) is 10.2 Å². The minimum Gasteiger partial charge on any atom is -0.281 e. The number of rotatable bonds is 1. The average Bonchev–Trinajstić information content (AvgIpc) is 2.17. The van der Waals surface area contributed by atoms with Crippen molar-refractivity contribution in [1.82, 2.24) is 10.2 Å². The summed E-state index contributed by atoms with van der Waals surface area (Å²) in [6.45, 7) is 1.89. The third kappa shape index (κ3) is 1.29. The summed E-state index contributed by atoms with van der Waals surface area (Å²) in [6, 6.07) is 3.89. The minimum absolute atomic E-state index is 0.418. The highest BCUT2D eigenvalue weighted by Crippen LogP contribution is 1.96. The first-order valence-corrected chi connectivity index (χ1v) is 2.71. The van der Waals surface area contributed by atoms with E-state index in [0.717, 1.165) is 11.4 Å². The van der Waals surface area contributed by atoms with Crippen molar-refractivity contribution >= 4 is 0 Å². The van der Waals surface area contributed by atoms with Crippen molar-refractivity contribution in [3.05, 3.63) is 17.5 Å². The van der Waals surface area contributed by atoms with Gasteiger partial charge in [0.25, 0.3) is 0 Å². The van der Waals surface area contributed by atoms with E-state index in [-0.39, 0.29) is 0 Å². The summed E-state index contributed by atoms with van der Waals surface area (Å²) in [6.07, 6.45) is 0.418. The average molecular weight is 121 g/mol. The van der Waals surface area contributed by atoms with E-state index in [9.17, 15) is 0 Å². The van der Waals surface area contributed by atoms with Crippen molar-refractivity contribution in [2.24, 2.45) is 0 Å². The highest BCUT2D eigenvalue weighted by molar-refractivity contribution is 5.10. The molecule has 1 rings (SSSR count). The van der Waals surface area contributed by atoms with E-state index < -0.39 is 0 Å². The van der Waals surface area contributed by atoms with Gasteiger partial charge in [-0.3, -0.25) is 5.10 Å². The Morgan fingerprint density at radius 3 is 3.11 bits per heavy atom. The second-order valence-electron chi connectivity index (χ2n) is 1.87. The summed E-state index contributed by atoms with van der Waals surface area (Å²) < 4.78 is 0. The molecule has 0 aromatic carbocycles. The van der Waals surface area contributed by atoms with Crippen molar-refractivity contribution in [1.29, 1.82) is 5.26 Å². The van der Waals surface area contributed by atoms with Gasteiger partial charge >= 0.3 is 0 Å². The first-order chi connectivity index (χ1) is 4.33. The molecule has 9 heavy (non-hydrogen) atoms. The molecule has 0 aliphatic heterocycles. The van der Waals surface area contributed by atoms with Gasteiger partial charge < -0.3 is 0 Å². The standard InChI is InChI=1S/C6H7N3/c1-5-4-6(2-3-7)9-8-5/h4H,2H2,1H3,(H,8,9). The maximum atomic E-state index is 8.23. The van der Waals surface area contributed by atoms with Crippen molar-refractivity contribution in [2.75, 3.05) is 0 Å². The molecule has 0 atom stereocenters. The molecule has 0 amide bonds. The molecule has 1 heterocycles. The van der Waals surface area contributed by atoms with Gasteiger partial charge in [0.05, 0.1) is 18.2 Å². The van der Waals surface area contributed by atoms with E-state index in [1.807, 2.05) is 19.1 Å². The zero-order chi connectivity index (χ0) is 6.69. The fourth-order valence-corrected chi connectivity index (χ4v) is 0.652. The SMILES string of the molecule is Cc1cc(CC#N)[nH]n1. The third-order valence-electron chi connectivity index (χ3n) is 1.03. The summed E-state index contributed by atoms with van der Waals surface area (Å²) in [4.78, 5) is 0. The molecule has 1 aromatic rings. The molecule has 0 aliphatic carbocycles. The van der Waals surface area contributed by atoms with E-state index >= 15 is 0 Å². The van der Waals surface area contributed by atoms with E-state index in [0.29, 0.717) is 6.42 Å². The topological polar surface area (TPSA) is 52.5 Å². The third-order valence-corrected chi connectivity index (χ3v) is 1.03. The molecule has 0 spiro atoms. The van der Waals surface area contributed by atoms with Gasteiger partial charge in [0.2, 0.25) is 0 Å². The smallest absolute Gasteiger partial charge is 0.0769 e. The van der Waals surface area contributed by atoms with Crippen molar-refractivity contribution in [2.45, 2.75) is 13.3 Å². The van der Waals surface area contributed by atoms with Crippen LogP contribution in [0.2, 0.25) is 0 Å². The molecular formula is C6H7N3. The Morgan fingerprint density at radius 2 is 2.67 bits per heavy atom. The lowest BCUT2D eigenvalue weighted by Crippen LogP contribution is -1.78. The van der Waals surface area contributed by atoms with E-state index in [4.69, 9.17) is 5.26 Å². The predicted molar refractivity (Wildman–Crippen MR) is 32.6 cm³/mol. The molecule has 46 valence electrons. The highest BCUT2D eigenvalue weighted by Gasteiger charge is 1.92. The quantitative estimate of drug-likeness (QED) is 0.597. The van der Waals surface area contributed by atoms with Gasteiger partial charge in [-0.05, 0) is 13.0 Å². The molecule has 0 saturated carbocycles.